The third-order valence-corrected chi connectivity index (χ3v) is 6.57. The minimum Gasteiger partial charge on any atom is -0.480 e. The van der Waals surface area contributed by atoms with Crippen molar-refractivity contribution in [2.24, 2.45) is 0 Å². The second-order valence-corrected chi connectivity index (χ2v) is 9.55. The molecule has 2 atom stereocenters. The van der Waals surface area contributed by atoms with Crippen molar-refractivity contribution in [2.75, 3.05) is 45.3 Å². The van der Waals surface area contributed by atoms with Crippen molar-refractivity contribution in [3.05, 3.63) is 53.2 Å². The summed E-state index contributed by atoms with van der Waals surface area (Å²) in [5.74, 6) is -1.31. The summed E-state index contributed by atoms with van der Waals surface area (Å²) in [6, 6.07) is 4.24. The highest BCUT2D eigenvalue weighted by Crippen LogP contribution is 2.20. The van der Waals surface area contributed by atoms with Crippen molar-refractivity contribution in [2.45, 2.75) is 57.1 Å². The van der Waals surface area contributed by atoms with Crippen LogP contribution < -0.4 is 10.6 Å². The van der Waals surface area contributed by atoms with Crippen LogP contribution in [-0.4, -0.2) is 84.0 Å². The number of carbonyl (C=O) groups is 2. The Labute approximate surface area is 222 Å². The quantitative estimate of drug-likeness (QED) is 0.282. The lowest BCUT2D eigenvalue weighted by atomic mass is 10.1. The molecule has 1 aliphatic rings. The summed E-state index contributed by atoms with van der Waals surface area (Å²) in [7, 11) is 1.44. The molecule has 0 saturated carbocycles. The molecule has 3 heterocycles. The van der Waals surface area contributed by atoms with E-state index in [9.17, 15) is 23.5 Å². The summed E-state index contributed by atoms with van der Waals surface area (Å²) < 4.78 is 31.9. The predicted octanol–water partition coefficient (Wildman–Crippen LogP) is 2.79. The first kappa shape index (κ1) is 29.4. The summed E-state index contributed by atoms with van der Waals surface area (Å²) in [4.78, 5) is 34.6. The van der Waals surface area contributed by atoms with Gasteiger partial charge in [0, 0.05) is 38.6 Å². The molecule has 208 valence electrons. The highest BCUT2D eigenvalue weighted by Gasteiger charge is 2.22. The Morgan fingerprint density at radius 3 is 2.84 bits per heavy atom. The smallest absolute Gasteiger partial charge is 0.326 e. The molecule has 0 aromatic carbocycles. The number of aryl methyl sites for hydroxylation is 2. The molecule has 3 N–H and O–H groups in total. The molecule has 9 nitrogen and oxygen atoms in total. The number of nitrogens with zero attached hydrogens (tertiary/aromatic N) is 3. The molecule has 0 fully saturated rings. The van der Waals surface area contributed by atoms with Crippen molar-refractivity contribution in [1.29, 1.82) is 0 Å². The third kappa shape index (κ3) is 9.60. The zero-order valence-electron chi connectivity index (χ0n) is 21.8. The maximum absolute atomic E-state index is 13.4. The average Bonchev–Trinajstić information content (AvgIpc) is 2.91. The number of methoxy groups -OCH3 is 1. The van der Waals surface area contributed by atoms with Gasteiger partial charge in [-0.2, -0.15) is 0 Å². The van der Waals surface area contributed by atoms with Gasteiger partial charge in [0.05, 0.1) is 18.7 Å². The summed E-state index contributed by atoms with van der Waals surface area (Å²) in [6.45, 7) is 1.55. The number of hydrogen-bond donors (Lipinski definition) is 3. The molecule has 11 heteroatoms. The summed E-state index contributed by atoms with van der Waals surface area (Å²) in [5.41, 5.74) is 2.62. The number of alkyl halides is 1. The van der Waals surface area contributed by atoms with Crippen molar-refractivity contribution in [3.63, 3.8) is 0 Å². The molecule has 3 rings (SSSR count). The molecule has 1 aliphatic heterocycles. The molecule has 0 aliphatic carbocycles. The van der Waals surface area contributed by atoms with Crippen LogP contribution in [0.25, 0.3) is 0 Å². The van der Waals surface area contributed by atoms with Gasteiger partial charge in [-0.25, -0.2) is 18.6 Å². The second-order valence-electron chi connectivity index (χ2n) is 9.55. The van der Waals surface area contributed by atoms with E-state index < -0.39 is 36.5 Å². The number of amides is 1. The number of anilines is 1. The Morgan fingerprint density at radius 2 is 2.11 bits per heavy atom. The average molecular weight is 534 g/mol. The molecule has 2 aromatic heterocycles. The van der Waals surface area contributed by atoms with E-state index in [4.69, 9.17) is 9.72 Å². The van der Waals surface area contributed by atoms with Gasteiger partial charge in [0.2, 0.25) is 5.91 Å². The highest BCUT2D eigenvalue weighted by molar-refractivity contribution is 5.84. The summed E-state index contributed by atoms with van der Waals surface area (Å²) in [5, 5.41) is 15.5. The van der Waals surface area contributed by atoms with Crippen molar-refractivity contribution in [1.82, 2.24) is 20.2 Å². The Morgan fingerprint density at radius 1 is 1.26 bits per heavy atom. The van der Waals surface area contributed by atoms with Gasteiger partial charge in [-0.3, -0.25) is 9.78 Å². The highest BCUT2D eigenvalue weighted by atomic mass is 19.1. The first-order valence-corrected chi connectivity index (χ1v) is 13.0. The maximum atomic E-state index is 13.4. The molecule has 0 radical (unpaired) electrons. The van der Waals surface area contributed by atoms with Crippen molar-refractivity contribution >= 4 is 17.7 Å². The van der Waals surface area contributed by atoms with Crippen molar-refractivity contribution in [3.8, 4) is 0 Å². The fraction of sp³-hybridized carbons (Fsp3) is 0.556. The Bertz CT molecular complexity index is 1050. The van der Waals surface area contributed by atoms with Crippen LogP contribution in [0, 0.1) is 5.82 Å². The molecule has 2 aromatic rings. The molecule has 0 bridgehead atoms. The van der Waals surface area contributed by atoms with Gasteiger partial charge >= 0.3 is 5.97 Å². The predicted molar refractivity (Wildman–Crippen MR) is 139 cm³/mol. The number of unbranched alkanes of at least 4 members (excludes halogenated alkanes) is 1. The summed E-state index contributed by atoms with van der Waals surface area (Å²) in [6.07, 6.45) is 6.36. The van der Waals surface area contributed by atoms with E-state index in [0.29, 0.717) is 25.2 Å². The molecule has 0 unspecified atom stereocenters. The van der Waals surface area contributed by atoms with Gasteiger partial charge in [-0.15, -0.1) is 0 Å². The molecule has 38 heavy (non-hydrogen) atoms. The molecular weight excluding hydrogens is 496 g/mol. The van der Waals surface area contributed by atoms with Gasteiger partial charge < -0.3 is 25.4 Å². The zero-order valence-corrected chi connectivity index (χ0v) is 21.8. The monoisotopic (exact) mass is 533 g/mol. The van der Waals surface area contributed by atoms with E-state index in [2.05, 4.69) is 27.8 Å². The standard InChI is InChI=1S/C27H37F2N5O4/c1-38-23(15-28)18-34(11-3-2-6-22-8-7-20-5-4-10-31-26(20)32-22)12-9-24(27(36)37)33-25(35)14-19-13-21(29)17-30-16-19/h7-8,13,16-17,23-24H,2-6,9-12,14-15,18H2,1H3,(H,31,32)(H,33,35)(H,36,37)/t23-,24+/m1/s1. The number of carbonyl (C=O) groups excluding carboxylic acids is 1. The van der Waals surface area contributed by atoms with Gasteiger partial charge in [0.25, 0.3) is 0 Å². The van der Waals surface area contributed by atoms with Crippen LogP contribution in [0.15, 0.2) is 30.6 Å². The third-order valence-electron chi connectivity index (χ3n) is 6.57. The lowest BCUT2D eigenvalue weighted by molar-refractivity contribution is -0.142. The minimum atomic E-state index is -1.17. The normalized spacial score (nSPS) is 14.4. The first-order chi connectivity index (χ1) is 18.4. The largest absolute Gasteiger partial charge is 0.480 e. The van der Waals surface area contributed by atoms with Gasteiger partial charge in [0.1, 0.15) is 24.4 Å². The number of rotatable bonds is 16. The number of halogens is 2. The van der Waals surface area contributed by atoms with Crippen LogP contribution in [0.1, 0.15) is 42.5 Å². The van der Waals surface area contributed by atoms with Crippen molar-refractivity contribution < 1.29 is 28.2 Å². The molecule has 0 saturated heterocycles. The lowest BCUT2D eigenvalue weighted by Gasteiger charge is -2.27. The number of fused-ring (bicyclic) bond motifs is 1. The lowest BCUT2D eigenvalue weighted by Crippen LogP contribution is -2.45. The Kier molecular flexibility index (Phi) is 11.8. The second kappa shape index (κ2) is 15.3. The fourth-order valence-electron chi connectivity index (χ4n) is 4.47. The van der Waals surface area contributed by atoms with E-state index in [1.807, 2.05) is 4.90 Å². The number of nitrogens with one attached hydrogen (secondary N) is 2. The van der Waals surface area contributed by atoms with Crippen LogP contribution >= 0.6 is 0 Å². The van der Waals surface area contributed by atoms with E-state index in [1.54, 1.807) is 0 Å². The summed E-state index contributed by atoms with van der Waals surface area (Å²) >= 11 is 0. The number of aromatic nitrogens is 2. The van der Waals surface area contributed by atoms with Crippen LogP contribution in [0.3, 0.4) is 0 Å². The molecule has 1 amide bonds. The topological polar surface area (TPSA) is 117 Å². The Hall–Kier alpha value is -3.18. The van der Waals surface area contributed by atoms with E-state index in [1.165, 1.54) is 24.9 Å². The number of carboxylic acids is 1. The van der Waals surface area contributed by atoms with E-state index in [-0.39, 0.29) is 12.8 Å². The number of aliphatic carboxylic acids is 1. The number of carboxylic acid groups (broad SMARTS) is 1. The number of pyridine rings is 2. The van der Waals surface area contributed by atoms with Gasteiger partial charge in [-0.1, -0.05) is 6.07 Å². The SMILES string of the molecule is CO[C@H](CF)CN(CCCCc1ccc2c(n1)NCCC2)CC[C@H](NC(=O)Cc1cncc(F)c1)C(=O)O. The first-order valence-electron chi connectivity index (χ1n) is 13.0. The molecule has 0 spiro atoms. The zero-order chi connectivity index (χ0) is 27.3. The van der Waals surface area contributed by atoms with Crippen LogP contribution in [-0.2, 0) is 33.6 Å². The number of ether oxygens (including phenoxy) is 1. The van der Waals surface area contributed by atoms with E-state index >= 15 is 0 Å². The molecular formula is C27H37F2N5O4. The maximum Gasteiger partial charge on any atom is 0.326 e. The van der Waals surface area contributed by atoms with E-state index in [0.717, 1.165) is 56.4 Å². The van der Waals surface area contributed by atoms with Crippen LogP contribution in [0.5, 0.6) is 0 Å². The fourth-order valence-corrected chi connectivity index (χ4v) is 4.47. The minimum absolute atomic E-state index is 0.128. The Balaban J connectivity index is 1.50. The number of hydrogen-bond acceptors (Lipinski definition) is 7. The van der Waals surface area contributed by atoms with Crippen LogP contribution in [0.4, 0.5) is 14.6 Å². The van der Waals surface area contributed by atoms with Gasteiger partial charge in [-0.05, 0) is 68.3 Å². The van der Waals surface area contributed by atoms with Crippen LogP contribution in [0.2, 0.25) is 0 Å². The van der Waals surface area contributed by atoms with Gasteiger partial charge in [0.15, 0.2) is 0 Å².